The first kappa shape index (κ1) is 24.9. The Morgan fingerprint density at radius 3 is 2.62 bits per heavy atom. The maximum absolute atomic E-state index is 11.8. The van der Waals surface area contributed by atoms with Crippen LogP contribution in [-0.4, -0.2) is 34.6 Å². The molecule has 0 amide bonds. The van der Waals surface area contributed by atoms with Gasteiger partial charge in [-0.1, -0.05) is 41.0 Å². The van der Waals surface area contributed by atoms with Crippen molar-refractivity contribution in [1.29, 1.82) is 0 Å². The van der Waals surface area contributed by atoms with Crippen molar-refractivity contribution in [2.45, 2.75) is 50.5 Å². The van der Waals surface area contributed by atoms with E-state index in [1.807, 2.05) is 42.6 Å². The van der Waals surface area contributed by atoms with E-state index in [4.69, 9.17) is 36.1 Å². The lowest BCUT2D eigenvalue weighted by atomic mass is 9.82. The second-order valence-electron chi connectivity index (χ2n) is 10.9. The lowest BCUT2D eigenvalue weighted by molar-refractivity contribution is 0.280. The number of hydrogen-bond donors (Lipinski definition) is 1. The summed E-state index contributed by atoms with van der Waals surface area (Å²) in [4.78, 5) is 34.0. The Bertz CT molecular complexity index is 1760. The molecular weight excluding hydrogens is 526 g/mol. The highest BCUT2D eigenvalue weighted by Gasteiger charge is 2.51. The molecule has 0 spiro atoms. The summed E-state index contributed by atoms with van der Waals surface area (Å²) in [7, 11) is 0. The monoisotopic (exact) mass is 553 g/mol. The molecule has 0 atom stereocenters. The average molecular weight is 554 g/mol. The molecule has 4 heterocycles. The van der Waals surface area contributed by atoms with E-state index in [2.05, 4.69) is 33.4 Å². The smallest absolute Gasteiger partial charge is 0.324 e. The molecule has 1 N–H and O–H groups in total. The predicted octanol–water partition coefficient (Wildman–Crippen LogP) is 5.96. The molecule has 0 radical (unpaired) electrons. The Labute approximate surface area is 235 Å². The number of aromatic nitrogens is 7. The zero-order valence-electron chi connectivity index (χ0n) is 21.9. The van der Waals surface area contributed by atoms with Crippen LogP contribution in [0.25, 0.3) is 34.1 Å². The molecule has 0 unspecified atom stereocenters. The van der Waals surface area contributed by atoms with Gasteiger partial charge in [0.2, 0.25) is 11.6 Å². The number of benzene rings is 1. The summed E-state index contributed by atoms with van der Waals surface area (Å²) in [5.74, 6) is 1.74. The predicted molar refractivity (Wildman–Crippen MR) is 152 cm³/mol. The van der Waals surface area contributed by atoms with Crippen LogP contribution < -0.4 is 5.76 Å². The summed E-state index contributed by atoms with van der Waals surface area (Å²) in [5, 5.41) is 4.44. The third-order valence-corrected chi connectivity index (χ3v) is 8.59. The minimum absolute atomic E-state index is 0.153. The highest BCUT2D eigenvalue weighted by atomic mass is 35.5. The van der Waals surface area contributed by atoms with Crippen molar-refractivity contribution in [2.24, 2.45) is 11.8 Å². The van der Waals surface area contributed by atoms with E-state index in [-0.39, 0.29) is 17.1 Å². The van der Waals surface area contributed by atoms with Crippen LogP contribution >= 0.6 is 11.6 Å². The third-order valence-electron chi connectivity index (χ3n) is 8.35. The number of pyridine rings is 1. The molecule has 7 rings (SSSR count). The second kappa shape index (κ2) is 9.82. The van der Waals surface area contributed by atoms with Gasteiger partial charge in [0.25, 0.3) is 0 Å². The molecule has 4 aromatic heterocycles. The first-order valence-corrected chi connectivity index (χ1v) is 14.1. The van der Waals surface area contributed by atoms with Crippen LogP contribution in [0.1, 0.15) is 50.0 Å². The standard InChI is InChI=1S/C30H28ClN7O2/c1-2-18-9-11-19(12-10-18)17-38-24-23(20-6-5-7-21(31)16-20)33-26(27-36-29(39)40-37-27)34-25(24)35-28(38)30(13-14-30)22-8-3-4-15-32-22/h2-8,15-16,18-19H,1,9-14,17H2,(H,36,37,39). The number of rotatable bonds is 7. The summed E-state index contributed by atoms with van der Waals surface area (Å²) in [6.45, 7) is 4.82. The van der Waals surface area contributed by atoms with Crippen molar-refractivity contribution in [3.63, 3.8) is 0 Å². The molecule has 1 aromatic carbocycles. The molecule has 2 saturated carbocycles. The van der Waals surface area contributed by atoms with E-state index in [9.17, 15) is 4.79 Å². The van der Waals surface area contributed by atoms with Crippen molar-refractivity contribution in [3.8, 4) is 22.9 Å². The van der Waals surface area contributed by atoms with Gasteiger partial charge >= 0.3 is 5.76 Å². The van der Waals surface area contributed by atoms with Gasteiger partial charge in [-0.3, -0.25) is 14.5 Å². The van der Waals surface area contributed by atoms with Gasteiger partial charge in [0, 0.05) is 23.3 Å². The summed E-state index contributed by atoms with van der Waals surface area (Å²) in [5.41, 5.74) is 3.63. The van der Waals surface area contributed by atoms with Crippen molar-refractivity contribution in [2.75, 3.05) is 0 Å². The van der Waals surface area contributed by atoms with Crippen LogP contribution in [0.3, 0.4) is 0 Å². The van der Waals surface area contributed by atoms with Crippen LogP contribution in [0, 0.1) is 11.8 Å². The lowest BCUT2D eigenvalue weighted by Crippen LogP contribution is -2.23. The Balaban J connectivity index is 1.46. The molecule has 0 bridgehead atoms. The van der Waals surface area contributed by atoms with E-state index in [0.717, 1.165) is 67.7 Å². The van der Waals surface area contributed by atoms with Crippen molar-refractivity contribution < 1.29 is 4.52 Å². The quantitative estimate of drug-likeness (QED) is 0.247. The van der Waals surface area contributed by atoms with E-state index < -0.39 is 5.76 Å². The number of allylic oxidation sites excluding steroid dienone is 1. The molecule has 0 saturated heterocycles. The Kier molecular flexibility index (Phi) is 6.11. The van der Waals surface area contributed by atoms with Crippen LogP contribution in [0.2, 0.25) is 5.02 Å². The normalized spacial score (nSPS) is 20.0. The number of nitrogens with one attached hydrogen (secondary N) is 1. The largest absolute Gasteiger partial charge is 0.439 e. The van der Waals surface area contributed by atoms with Gasteiger partial charge in [0.05, 0.1) is 11.1 Å². The second-order valence-corrected chi connectivity index (χ2v) is 11.3. The maximum Gasteiger partial charge on any atom is 0.439 e. The zero-order chi connectivity index (χ0) is 27.3. The van der Waals surface area contributed by atoms with E-state index in [0.29, 0.717) is 28.2 Å². The summed E-state index contributed by atoms with van der Waals surface area (Å²) >= 11 is 6.44. The van der Waals surface area contributed by atoms with Gasteiger partial charge < -0.3 is 4.57 Å². The van der Waals surface area contributed by atoms with Crippen molar-refractivity contribution in [1.82, 2.24) is 34.6 Å². The minimum Gasteiger partial charge on any atom is -0.324 e. The van der Waals surface area contributed by atoms with Crippen molar-refractivity contribution in [3.05, 3.63) is 88.4 Å². The Morgan fingerprint density at radius 2 is 1.95 bits per heavy atom. The summed E-state index contributed by atoms with van der Waals surface area (Å²) < 4.78 is 7.10. The van der Waals surface area contributed by atoms with E-state index >= 15 is 0 Å². The van der Waals surface area contributed by atoms with E-state index in [1.165, 1.54) is 0 Å². The van der Waals surface area contributed by atoms with Gasteiger partial charge in [-0.2, -0.15) is 0 Å². The highest BCUT2D eigenvalue weighted by molar-refractivity contribution is 6.30. The molecule has 202 valence electrons. The maximum atomic E-state index is 11.8. The van der Waals surface area contributed by atoms with Crippen LogP contribution in [-0.2, 0) is 12.0 Å². The van der Waals surface area contributed by atoms with Gasteiger partial charge in [0.15, 0.2) is 5.65 Å². The fraction of sp³-hybridized carbons (Fsp3) is 0.333. The number of aromatic amines is 1. The number of fused-ring (bicyclic) bond motifs is 1. The zero-order valence-corrected chi connectivity index (χ0v) is 22.6. The fourth-order valence-corrected chi connectivity index (χ4v) is 6.27. The van der Waals surface area contributed by atoms with Crippen molar-refractivity contribution >= 4 is 22.8 Å². The number of halogens is 1. The summed E-state index contributed by atoms with van der Waals surface area (Å²) in [6.07, 6.45) is 10.4. The number of H-pyrrole nitrogens is 1. The molecule has 2 aliphatic rings. The van der Waals surface area contributed by atoms with Gasteiger partial charge in [-0.25, -0.2) is 19.7 Å². The average Bonchev–Trinajstić information content (AvgIpc) is 3.55. The first-order valence-electron chi connectivity index (χ1n) is 13.7. The molecule has 10 heteroatoms. The first-order chi connectivity index (χ1) is 19.5. The molecule has 5 aromatic rings. The summed E-state index contributed by atoms with van der Waals surface area (Å²) in [6, 6.07) is 13.6. The van der Waals surface area contributed by atoms with E-state index in [1.54, 1.807) is 0 Å². The number of hydrogen-bond acceptors (Lipinski definition) is 7. The molecule has 9 nitrogen and oxygen atoms in total. The number of nitrogens with zero attached hydrogens (tertiary/aromatic N) is 6. The Hall–Kier alpha value is -4.11. The van der Waals surface area contributed by atoms with Crippen LogP contribution in [0.15, 0.2) is 70.6 Å². The third kappa shape index (κ3) is 4.34. The van der Waals surface area contributed by atoms with Gasteiger partial charge in [-0.05, 0) is 74.6 Å². The SMILES string of the molecule is C=CC1CCC(Cn2c(C3(c4ccccn4)CC3)nc3nc(-c4noc(=O)[nH]4)nc(-c4cccc(Cl)c4)c32)CC1. The Morgan fingerprint density at radius 1 is 1.10 bits per heavy atom. The molecule has 2 fully saturated rings. The molecular formula is C30H28ClN7O2. The molecule has 0 aliphatic heterocycles. The lowest BCUT2D eigenvalue weighted by Gasteiger charge is -2.28. The molecule has 40 heavy (non-hydrogen) atoms. The number of imidazole rings is 1. The highest BCUT2D eigenvalue weighted by Crippen LogP contribution is 2.53. The van der Waals surface area contributed by atoms with Crippen LogP contribution in [0.5, 0.6) is 0 Å². The topological polar surface area (TPSA) is 115 Å². The van der Waals surface area contributed by atoms with Crippen LogP contribution in [0.4, 0.5) is 0 Å². The van der Waals surface area contributed by atoms with Gasteiger partial charge in [0.1, 0.15) is 17.0 Å². The molecule has 2 aliphatic carbocycles. The fourth-order valence-electron chi connectivity index (χ4n) is 6.08. The minimum atomic E-state index is -0.670. The van der Waals surface area contributed by atoms with Gasteiger partial charge in [-0.15, -0.1) is 6.58 Å².